The third kappa shape index (κ3) is 13.1. The maximum Gasteiger partial charge on any atom is 0.187 e. The predicted octanol–water partition coefficient (Wildman–Crippen LogP) is -16.3. The highest BCUT2D eigenvalue weighted by Crippen LogP contribution is 2.37. The van der Waals surface area contributed by atoms with Crippen molar-refractivity contribution in [2.24, 2.45) is 0 Å². The highest BCUT2D eigenvalue weighted by molar-refractivity contribution is 5.00. The predicted molar refractivity (Wildman–Crippen MR) is 232 cm³/mol. The van der Waals surface area contributed by atoms with Crippen molar-refractivity contribution in [2.75, 3.05) is 46.2 Å². The molecule has 456 valence electrons. The zero-order valence-electron chi connectivity index (χ0n) is 40.8. The lowest BCUT2D eigenvalue weighted by molar-refractivity contribution is -0.397. The average molecular weight is 1150 g/mol. The van der Waals surface area contributed by atoms with Crippen molar-refractivity contribution in [1.29, 1.82) is 0 Å². The van der Waals surface area contributed by atoms with Gasteiger partial charge in [-0.15, -0.1) is 0 Å². The molecule has 0 amide bonds. The minimum Gasteiger partial charge on any atom is -0.394 e. The molecule has 0 aromatic heterocycles. The normalized spacial score (nSPS) is 53.5. The molecular formula is C42H72O36. The van der Waals surface area contributed by atoms with Gasteiger partial charge in [-0.1, -0.05) is 0 Å². The fraction of sp³-hybridized carbons (Fsp3) is 1.00. The molecule has 7 saturated heterocycles. The smallest absolute Gasteiger partial charge is 0.187 e. The Morgan fingerprint density at radius 1 is 0.218 bits per heavy atom. The minimum atomic E-state index is -2.34. The summed E-state index contributed by atoms with van der Waals surface area (Å²) < 4.78 is 72.7. The van der Waals surface area contributed by atoms with Crippen LogP contribution in [0.2, 0.25) is 0 Å². The first kappa shape index (κ1) is 64.1. The van der Waals surface area contributed by atoms with E-state index in [0.29, 0.717) is 0 Å². The first-order chi connectivity index (χ1) is 37.0. The van der Waals surface area contributed by atoms with E-state index in [1.165, 1.54) is 0 Å². The number of ether oxygens (including phenoxy) is 13. The Balaban J connectivity index is 1.10. The number of aliphatic hydroxyl groups is 23. The average Bonchev–Trinajstić information content (AvgIpc) is 3.52. The van der Waals surface area contributed by atoms with Crippen LogP contribution in [-0.2, 0) is 61.6 Å². The SMILES string of the molecule is OCC1O[C@H](O[C@@H]2C(CO)O[C@H](O[C@@H]3C(CO[C@H]4OC(CO)[C@@H](O[C@H]5OC(CO)[C@@H](O)[C@@H](O)C5O)[C@@H](O)C4O)O[C@H](O[C@@H]4C(CO)O[C@H](O[C@@H]5C(CO)O[C@H](O)C(O)[C@@H]5O)C(O)[C@@H]4O)C(O)[C@@H]3O)C(O)[C@@H]2O)C(O)[C@H](O)[C@@H]1O. The van der Waals surface area contributed by atoms with Crippen molar-refractivity contribution in [3.05, 3.63) is 0 Å². The van der Waals surface area contributed by atoms with Crippen LogP contribution in [0, 0.1) is 0 Å². The van der Waals surface area contributed by atoms with E-state index in [0.717, 1.165) is 0 Å². The van der Waals surface area contributed by atoms with Gasteiger partial charge in [-0.05, 0) is 0 Å². The zero-order valence-corrected chi connectivity index (χ0v) is 40.8. The van der Waals surface area contributed by atoms with E-state index in [2.05, 4.69) is 0 Å². The molecule has 7 aliphatic rings. The number of aliphatic hydroxyl groups excluding tert-OH is 23. The molecular weight excluding hydrogens is 1080 g/mol. The molecule has 0 radical (unpaired) electrons. The molecule has 0 aromatic rings. The third-order valence-corrected chi connectivity index (χ3v) is 14.5. The third-order valence-electron chi connectivity index (χ3n) is 14.5. The lowest BCUT2D eigenvalue weighted by Gasteiger charge is -2.50. The van der Waals surface area contributed by atoms with Gasteiger partial charge in [0, 0.05) is 0 Å². The molecule has 7 rings (SSSR count). The molecule has 23 N–H and O–H groups in total. The summed E-state index contributed by atoms with van der Waals surface area (Å²) in [5.74, 6) is 0. The fourth-order valence-corrected chi connectivity index (χ4v) is 9.90. The Kier molecular flexibility index (Phi) is 22.6. The van der Waals surface area contributed by atoms with Crippen LogP contribution in [0.3, 0.4) is 0 Å². The summed E-state index contributed by atoms with van der Waals surface area (Å²) in [6, 6.07) is 0. The second kappa shape index (κ2) is 27.5. The van der Waals surface area contributed by atoms with Crippen molar-refractivity contribution in [2.45, 2.75) is 215 Å². The molecule has 0 aliphatic carbocycles. The van der Waals surface area contributed by atoms with Crippen molar-refractivity contribution >= 4 is 0 Å². The van der Waals surface area contributed by atoms with E-state index in [4.69, 9.17) is 61.6 Å². The van der Waals surface area contributed by atoms with E-state index in [9.17, 15) is 117 Å². The highest BCUT2D eigenvalue weighted by atomic mass is 16.8. The molecule has 7 aliphatic heterocycles. The lowest BCUT2D eigenvalue weighted by Crippen LogP contribution is -2.68. The van der Waals surface area contributed by atoms with E-state index in [1.54, 1.807) is 0 Å². The first-order valence-electron chi connectivity index (χ1n) is 24.7. The van der Waals surface area contributed by atoms with Gasteiger partial charge in [0.05, 0.1) is 46.2 Å². The number of hydrogen-bond acceptors (Lipinski definition) is 36. The standard InChI is InChI=1S/C42H72O36/c43-1-8-15(49)17(51)25(59)38(68-8)75-32-11(4-46)70-37(27(61)20(32)54)66-7-14-35(78-41-29(63)22(56)33(12(5-47)72-41)76-39-26(60)18(52)16(50)9(2-44)69-39)23(57)30(64)42(73-14)77-34-13(6-48)71-40(28(62)21(34)55)74-31-10(3-45)67-36(65)24(58)19(31)53/h8-65H,1-7H2/t8?,9?,10?,11?,12?,13?,14?,15-,16-,17-,18-,19+,20+,21+,22+,23+,24?,25?,26?,27?,28?,29?,30?,31-,32-,33-,34-,35-,36+,37+,38-,39-,40-,41-,42-/m1/s1. The van der Waals surface area contributed by atoms with Crippen LogP contribution in [0.4, 0.5) is 0 Å². The molecule has 36 heteroatoms. The second-order valence-electron chi connectivity index (χ2n) is 19.6. The van der Waals surface area contributed by atoms with Gasteiger partial charge >= 0.3 is 0 Å². The molecule has 0 saturated carbocycles. The van der Waals surface area contributed by atoms with Crippen molar-refractivity contribution < 1.29 is 179 Å². The van der Waals surface area contributed by atoms with E-state index in [1.807, 2.05) is 0 Å². The van der Waals surface area contributed by atoms with Crippen LogP contribution >= 0.6 is 0 Å². The van der Waals surface area contributed by atoms with Gasteiger partial charge in [0.15, 0.2) is 44.0 Å². The summed E-state index contributed by atoms with van der Waals surface area (Å²) >= 11 is 0. The number of hydrogen-bond donors (Lipinski definition) is 23. The zero-order chi connectivity index (χ0) is 57.3. The topological polar surface area (TPSA) is 585 Å². The largest absolute Gasteiger partial charge is 0.394 e. The minimum absolute atomic E-state index is 0.875. The Morgan fingerprint density at radius 3 is 0.769 bits per heavy atom. The van der Waals surface area contributed by atoms with E-state index >= 15 is 0 Å². The Morgan fingerprint density at radius 2 is 0.449 bits per heavy atom. The first-order valence-corrected chi connectivity index (χ1v) is 24.7. The molecule has 7 heterocycles. The Bertz CT molecular complexity index is 1810. The molecule has 78 heavy (non-hydrogen) atoms. The van der Waals surface area contributed by atoms with Gasteiger partial charge in [0.2, 0.25) is 0 Å². The monoisotopic (exact) mass is 1150 g/mol. The Hall–Kier alpha value is -1.44. The summed E-state index contributed by atoms with van der Waals surface area (Å²) in [6.07, 6.45) is -68.7. The van der Waals surface area contributed by atoms with Crippen LogP contribution in [-0.4, -0.2) is 379 Å². The van der Waals surface area contributed by atoms with Gasteiger partial charge in [-0.2, -0.15) is 0 Å². The molecule has 0 spiro atoms. The van der Waals surface area contributed by atoms with Crippen LogP contribution < -0.4 is 0 Å². The molecule has 7 fully saturated rings. The fourth-order valence-electron chi connectivity index (χ4n) is 9.90. The summed E-state index contributed by atoms with van der Waals surface area (Å²) in [5.41, 5.74) is 0. The maximum absolute atomic E-state index is 11.7. The lowest BCUT2D eigenvalue weighted by atomic mass is 9.95. The van der Waals surface area contributed by atoms with Crippen molar-refractivity contribution in [3.8, 4) is 0 Å². The van der Waals surface area contributed by atoms with Gasteiger partial charge < -0.3 is 179 Å². The van der Waals surface area contributed by atoms with Gasteiger partial charge in [-0.25, -0.2) is 0 Å². The van der Waals surface area contributed by atoms with Crippen molar-refractivity contribution in [3.63, 3.8) is 0 Å². The van der Waals surface area contributed by atoms with Gasteiger partial charge in [-0.3, -0.25) is 0 Å². The maximum atomic E-state index is 11.7. The highest BCUT2D eigenvalue weighted by Gasteiger charge is 2.58. The van der Waals surface area contributed by atoms with Crippen LogP contribution in [0.15, 0.2) is 0 Å². The molecule has 14 unspecified atom stereocenters. The number of rotatable bonds is 19. The van der Waals surface area contributed by atoms with Gasteiger partial charge in [0.25, 0.3) is 0 Å². The summed E-state index contributed by atoms with van der Waals surface area (Å²) in [5, 5.41) is 244. The van der Waals surface area contributed by atoms with Crippen LogP contribution in [0.5, 0.6) is 0 Å². The van der Waals surface area contributed by atoms with E-state index in [-0.39, 0.29) is 0 Å². The molecule has 35 atom stereocenters. The molecule has 36 nitrogen and oxygen atoms in total. The molecule has 0 aromatic carbocycles. The molecule has 0 bridgehead atoms. The van der Waals surface area contributed by atoms with Crippen LogP contribution in [0.1, 0.15) is 0 Å². The van der Waals surface area contributed by atoms with E-state index < -0.39 is 261 Å². The van der Waals surface area contributed by atoms with Crippen molar-refractivity contribution in [1.82, 2.24) is 0 Å². The second-order valence-corrected chi connectivity index (χ2v) is 19.6. The van der Waals surface area contributed by atoms with Crippen LogP contribution in [0.25, 0.3) is 0 Å². The Labute approximate surface area is 439 Å². The van der Waals surface area contributed by atoms with Gasteiger partial charge in [0.1, 0.15) is 171 Å². The summed E-state index contributed by atoms with van der Waals surface area (Å²) in [4.78, 5) is 0. The summed E-state index contributed by atoms with van der Waals surface area (Å²) in [6.45, 7) is -6.87. The quantitative estimate of drug-likeness (QED) is 0.0571. The summed E-state index contributed by atoms with van der Waals surface area (Å²) in [7, 11) is 0.